The Kier molecular flexibility index (Phi) is 4.10. The topological polar surface area (TPSA) is 43.4 Å². The van der Waals surface area contributed by atoms with Gasteiger partial charge in [-0.05, 0) is 36.4 Å². The highest BCUT2D eigenvalue weighted by atomic mass is 16.5. The third-order valence-electron chi connectivity index (χ3n) is 3.61. The molecular weight excluding hydrogens is 276 g/mol. The molecule has 0 fully saturated rings. The van der Waals surface area contributed by atoms with Crippen LogP contribution < -0.4 is 14.8 Å². The number of benzene rings is 2. The minimum Gasteiger partial charge on any atom is -0.497 e. The average molecular weight is 294 g/mol. The molecule has 0 aliphatic carbocycles. The van der Waals surface area contributed by atoms with Gasteiger partial charge in [0.1, 0.15) is 11.5 Å². The molecule has 1 aromatic heterocycles. The highest BCUT2D eigenvalue weighted by Gasteiger charge is 2.06. The highest BCUT2D eigenvalue weighted by molar-refractivity contribution is 5.91. The number of nitrogens with one attached hydrogen (secondary N) is 1. The van der Waals surface area contributed by atoms with E-state index in [1.165, 1.54) is 0 Å². The van der Waals surface area contributed by atoms with Crippen LogP contribution in [0, 0.1) is 0 Å². The van der Waals surface area contributed by atoms with Gasteiger partial charge in [-0.25, -0.2) is 0 Å². The SMILES string of the molecule is COc1ccc(CNc2cccc3ncccc23)c(OC)c1. The van der Waals surface area contributed by atoms with Crippen molar-refractivity contribution in [2.45, 2.75) is 6.54 Å². The first kappa shape index (κ1) is 14.2. The monoisotopic (exact) mass is 294 g/mol. The molecule has 0 amide bonds. The van der Waals surface area contributed by atoms with Crippen molar-refractivity contribution < 1.29 is 9.47 Å². The maximum Gasteiger partial charge on any atom is 0.127 e. The normalized spacial score (nSPS) is 10.5. The van der Waals surface area contributed by atoms with E-state index in [2.05, 4.69) is 22.4 Å². The summed E-state index contributed by atoms with van der Waals surface area (Å²) in [5.74, 6) is 1.60. The highest BCUT2D eigenvalue weighted by Crippen LogP contribution is 2.27. The molecule has 1 heterocycles. The van der Waals surface area contributed by atoms with Crippen molar-refractivity contribution >= 4 is 16.6 Å². The lowest BCUT2D eigenvalue weighted by atomic mass is 10.1. The molecule has 2 aromatic carbocycles. The van der Waals surface area contributed by atoms with Crippen LogP contribution in [0.1, 0.15) is 5.56 Å². The third kappa shape index (κ3) is 2.81. The Bertz CT molecular complexity index is 782. The largest absolute Gasteiger partial charge is 0.497 e. The Hall–Kier alpha value is -2.75. The van der Waals surface area contributed by atoms with Crippen LogP contribution in [0.4, 0.5) is 5.69 Å². The molecule has 0 spiro atoms. The van der Waals surface area contributed by atoms with Crippen molar-refractivity contribution in [2.24, 2.45) is 0 Å². The molecule has 0 saturated heterocycles. The van der Waals surface area contributed by atoms with Crippen LogP contribution in [-0.4, -0.2) is 19.2 Å². The van der Waals surface area contributed by atoms with Crippen LogP contribution in [0.25, 0.3) is 10.9 Å². The van der Waals surface area contributed by atoms with E-state index >= 15 is 0 Å². The first-order chi connectivity index (χ1) is 10.8. The molecule has 0 radical (unpaired) electrons. The van der Waals surface area contributed by atoms with E-state index < -0.39 is 0 Å². The summed E-state index contributed by atoms with van der Waals surface area (Å²) in [6.45, 7) is 0.668. The number of hydrogen-bond donors (Lipinski definition) is 1. The van der Waals surface area contributed by atoms with E-state index in [-0.39, 0.29) is 0 Å². The van der Waals surface area contributed by atoms with Crippen molar-refractivity contribution in [3.8, 4) is 11.5 Å². The van der Waals surface area contributed by atoms with Gasteiger partial charge in [-0.2, -0.15) is 0 Å². The van der Waals surface area contributed by atoms with Crippen LogP contribution in [0.3, 0.4) is 0 Å². The maximum absolute atomic E-state index is 5.43. The van der Waals surface area contributed by atoms with Crippen LogP contribution in [0.15, 0.2) is 54.7 Å². The van der Waals surface area contributed by atoms with E-state index in [1.807, 2.05) is 36.4 Å². The summed E-state index contributed by atoms with van der Waals surface area (Å²) in [6.07, 6.45) is 1.80. The summed E-state index contributed by atoms with van der Waals surface area (Å²) in [5, 5.41) is 4.56. The second-order valence-corrected chi connectivity index (χ2v) is 4.91. The number of hydrogen-bond acceptors (Lipinski definition) is 4. The van der Waals surface area contributed by atoms with Crippen LogP contribution in [0.2, 0.25) is 0 Å². The Morgan fingerprint density at radius 2 is 1.91 bits per heavy atom. The van der Waals surface area contributed by atoms with Gasteiger partial charge in [0.15, 0.2) is 0 Å². The zero-order valence-electron chi connectivity index (χ0n) is 12.7. The van der Waals surface area contributed by atoms with Gasteiger partial charge in [0.25, 0.3) is 0 Å². The quantitative estimate of drug-likeness (QED) is 0.776. The minimum atomic E-state index is 0.668. The molecule has 0 bridgehead atoms. The Morgan fingerprint density at radius 1 is 1.00 bits per heavy atom. The van der Waals surface area contributed by atoms with Crippen molar-refractivity contribution in [1.29, 1.82) is 0 Å². The molecule has 0 atom stereocenters. The first-order valence-corrected chi connectivity index (χ1v) is 7.10. The van der Waals surface area contributed by atoms with E-state index in [4.69, 9.17) is 9.47 Å². The smallest absolute Gasteiger partial charge is 0.127 e. The van der Waals surface area contributed by atoms with Gasteiger partial charge >= 0.3 is 0 Å². The van der Waals surface area contributed by atoms with Crippen molar-refractivity contribution in [3.05, 3.63) is 60.3 Å². The molecular formula is C18H18N2O2. The number of rotatable bonds is 5. The van der Waals surface area contributed by atoms with Gasteiger partial charge in [0.2, 0.25) is 0 Å². The zero-order chi connectivity index (χ0) is 15.4. The van der Waals surface area contributed by atoms with Gasteiger partial charge in [0.05, 0.1) is 19.7 Å². The second kappa shape index (κ2) is 6.35. The van der Waals surface area contributed by atoms with Gasteiger partial charge < -0.3 is 14.8 Å². The second-order valence-electron chi connectivity index (χ2n) is 4.91. The molecule has 112 valence electrons. The lowest BCUT2D eigenvalue weighted by molar-refractivity contribution is 0.391. The Balaban J connectivity index is 1.85. The molecule has 1 N–H and O–H groups in total. The molecule has 3 aromatic rings. The molecule has 0 unspecified atom stereocenters. The molecule has 3 rings (SSSR count). The van der Waals surface area contributed by atoms with Gasteiger partial charge in [0, 0.05) is 35.4 Å². The summed E-state index contributed by atoms with van der Waals surface area (Å²) >= 11 is 0. The predicted molar refractivity (Wildman–Crippen MR) is 88.6 cm³/mol. The first-order valence-electron chi connectivity index (χ1n) is 7.10. The number of fused-ring (bicyclic) bond motifs is 1. The zero-order valence-corrected chi connectivity index (χ0v) is 12.7. The molecule has 0 aliphatic rings. The number of methoxy groups -OCH3 is 2. The predicted octanol–water partition coefficient (Wildman–Crippen LogP) is 3.86. The van der Waals surface area contributed by atoms with Crippen LogP contribution in [0.5, 0.6) is 11.5 Å². The summed E-state index contributed by atoms with van der Waals surface area (Å²) < 4.78 is 10.7. The summed E-state index contributed by atoms with van der Waals surface area (Å²) in [4.78, 5) is 4.37. The van der Waals surface area contributed by atoms with E-state index in [1.54, 1.807) is 20.4 Å². The molecule has 0 saturated carbocycles. The van der Waals surface area contributed by atoms with E-state index in [9.17, 15) is 0 Å². The lowest BCUT2D eigenvalue weighted by Gasteiger charge is -2.13. The van der Waals surface area contributed by atoms with Crippen molar-refractivity contribution in [2.75, 3.05) is 19.5 Å². The van der Waals surface area contributed by atoms with Crippen LogP contribution >= 0.6 is 0 Å². The van der Waals surface area contributed by atoms with Gasteiger partial charge in [-0.15, -0.1) is 0 Å². The molecule has 4 nitrogen and oxygen atoms in total. The summed E-state index contributed by atoms with van der Waals surface area (Å²) in [6, 6.07) is 15.9. The number of nitrogens with zero attached hydrogens (tertiary/aromatic N) is 1. The van der Waals surface area contributed by atoms with Crippen molar-refractivity contribution in [3.63, 3.8) is 0 Å². The van der Waals surface area contributed by atoms with Crippen LogP contribution in [-0.2, 0) is 6.54 Å². The lowest BCUT2D eigenvalue weighted by Crippen LogP contribution is -2.02. The number of pyridine rings is 1. The molecule has 22 heavy (non-hydrogen) atoms. The fourth-order valence-corrected chi connectivity index (χ4v) is 2.45. The minimum absolute atomic E-state index is 0.668. The summed E-state index contributed by atoms with van der Waals surface area (Å²) in [7, 11) is 3.32. The third-order valence-corrected chi connectivity index (χ3v) is 3.61. The Morgan fingerprint density at radius 3 is 2.73 bits per heavy atom. The standard InChI is InChI=1S/C18H18N2O2/c1-21-14-9-8-13(18(11-14)22-2)12-20-17-7-3-6-16-15(17)5-4-10-19-16/h3-11,20H,12H2,1-2H3. The Labute approximate surface area is 129 Å². The fourth-order valence-electron chi connectivity index (χ4n) is 2.45. The number of ether oxygens (including phenoxy) is 2. The fraction of sp³-hybridized carbons (Fsp3) is 0.167. The van der Waals surface area contributed by atoms with Crippen molar-refractivity contribution in [1.82, 2.24) is 4.98 Å². The van der Waals surface area contributed by atoms with E-state index in [0.717, 1.165) is 33.7 Å². The molecule has 0 aliphatic heterocycles. The number of anilines is 1. The van der Waals surface area contributed by atoms with E-state index in [0.29, 0.717) is 6.54 Å². The maximum atomic E-state index is 5.43. The van der Waals surface area contributed by atoms with Gasteiger partial charge in [-0.3, -0.25) is 4.98 Å². The molecule has 4 heteroatoms. The average Bonchev–Trinajstić information content (AvgIpc) is 2.59. The number of aromatic nitrogens is 1. The van der Waals surface area contributed by atoms with Gasteiger partial charge in [-0.1, -0.05) is 6.07 Å². The summed E-state index contributed by atoms with van der Waals surface area (Å²) in [5.41, 5.74) is 3.11.